The third-order valence-corrected chi connectivity index (χ3v) is 2.20. The summed E-state index contributed by atoms with van der Waals surface area (Å²) in [6, 6.07) is 0. The first-order chi connectivity index (χ1) is 4.33. The molecule has 1 fully saturated rings. The molecule has 0 bridgehead atoms. The molecule has 2 nitrogen and oxygen atoms in total. The van der Waals surface area contributed by atoms with Gasteiger partial charge in [-0.3, -0.25) is 0 Å². The van der Waals surface area contributed by atoms with Gasteiger partial charge in [0.25, 0.3) is 0 Å². The lowest BCUT2D eigenvalue weighted by molar-refractivity contribution is 0.118. The van der Waals surface area contributed by atoms with E-state index in [9.17, 15) is 5.11 Å². The second kappa shape index (κ2) is 1.95. The average Bonchev–Trinajstić information content (AvgIpc) is 1.73. The molecular formula is C8H17NO. The van der Waals surface area contributed by atoms with E-state index in [-0.39, 0.29) is 17.2 Å². The molecule has 1 saturated heterocycles. The van der Waals surface area contributed by atoms with E-state index in [1.165, 1.54) is 0 Å². The molecule has 1 heterocycles. The third kappa shape index (κ3) is 1.32. The zero-order valence-electron chi connectivity index (χ0n) is 7.23. The van der Waals surface area contributed by atoms with Crippen molar-refractivity contribution in [3.8, 4) is 0 Å². The molecule has 1 rings (SSSR count). The minimum absolute atomic E-state index is 0.100. The van der Waals surface area contributed by atoms with Crippen LogP contribution in [0.2, 0.25) is 0 Å². The van der Waals surface area contributed by atoms with E-state index in [4.69, 9.17) is 0 Å². The first-order valence-corrected chi connectivity index (χ1v) is 3.81. The van der Waals surface area contributed by atoms with Crippen LogP contribution in [0.1, 0.15) is 34.1 Å². The summed E-state index contributed by atoms with van der Waals surface area (Å²) >= 11 is 0. The third-order valence-electron chi connectivity index (χ3n) is 2.20. The fraction of sp³-hybridized carbons (Fsp3) is 1.00. The molecule has 2 N–H and O–H groups in total. The van der Waals surface area contributed by atoms with Gasteiger partial charge in [0.2, 0.25) is 0 Å². The summed E-state index contributed by atoms with van der Waals surface area (Å²) < 4.78 is 0. The van der Waals surface area contributed by atoms with E-state index < -0.39 is 0 Å². The van der Waals surface area contributed by atoms with Gasteiger partial charge in [0, 0.05) is 11.1 Å². The van der Waals surface area contributed by atoms with E-state index in [2.05, 4.69) is 19.2 Å². The van der Waals surface area contributed by atoms with Crippen LogP contribution in [-0.2, 0) is 0 Å². The monoisotopic (exact) mass is 143 g/mol. The number of hydrogen-bond acceptors (Lipinski definition) is 2. The average molecular weight is 143 g/mol. The molecule has 0 aromatic heterocycles. The molecule has 1 aliphatic heterocycles. The Bertz CT molecular complexity index is 140. The van der Waals surface area contributed by atoms with Crippen molar-refractivity contribution in [2.24, 2.45) is 0 Å². The Balaban J connectivity index is 2.71. The molecule has 60 valence electrons. The summed E-state index contributed by atoms with van der Waals surface area (Å²) in [6.45, 7) is 8.30. The zero-order valence-corrected chi connectivity index (χ0v) is 7.23. The highest BCUT2D eigenvalue weighted by Crippen LogP contribution is 2.29. The maximum atomic E-state index is 9.53. The van der Waals surface area contributed by atoms with Gasteiger partial charge in [0.15, 0.2) is 0 Å². The van der Waals surface area contributed by atoms with Crippen molar-refractivity contribution in [1.82, 2.24) is 5.32 Å². The summed E-state index contributed by atoms with van der Waals surface area (Å²) in [5.74, 6) is 0. The summed E-state index contributed by atoms with van der Waals surface area (Å²) in [5, 5.41) is 12.9. The highest BCUT2D eigenvalue weighted by molar-refractivity contribution is 5.02. The van der Waals surface area contributed by atoms with Crippen molar-refractivity contribution in [2.45, 2.75) is 51.3 Å². The van der Waals surface area contributed by atoms with Gasteiger partial charge in [-0.05, 0) is 34.1 Å². The van der Waals surface area contributed by atoms with Crippen molar-refractivity contribution in [2.75, 3.05) is 0 Å². The molecule has 0 aliphatic carbocycles. The van der Waals surface area contributed by atoms with Crippen molar-refractivity contribution < 1.29 is 5.11 Å². The Morgan fingerprint density at radius 1 is 1.30 bits per heavy atom. The van der Waals surface area contributed by atoms with Crippen molar-refractivity contribution >= 4 is 0 Å². The molecule has 1 atom stereocenters. The normalized spacial score (nSPS) is 36.3. The largest absolute Gasteiger partial charge is 0.391 e. The predicted octanol–water partition coefficient (Wildman–Crippen LogP) is 0.898. The van der Waals surface area contributed by atoms with Gasteiger partial charge in [-0.2, -0.15) is 0 Å². The highest BCUT2D eigenvalue weighted by Gasteiger charge is 2.42. The van der Waals surface area contributed by atoms with Crippen LogP contribution >= 0.6 is 0 Å². The fourth-order valence-corrected chi connectivity index (χ4v) is 1.75. The molecular weight excluding hydrogens is 126 g/mol. The van der Waals surface area contributed by atoms with E-state index in [0.29, 0.717) is 0 Å². The molecule has 0 aromatic rings. The summed E-state index contributed by atoms with van der Waals surface area (Å²) in [4.78, 5) is 0. The standard InChI is InChI=1S/C8H17NO/c1-7(2)5-6(10)8(3,4)9-7/h6,9-10H,5H2,1-4H3. The molecule has 1 aliphatic rings. The van der Waals surface area contributed by atoms with E-state index >= 15 is 0 Å². The van der Waals surface area contributed by atoms with Gasteiger partial charge in [-0.25, -0.2) is 0 Å². The number of aliphatic hydroxyl groups excluding tert-OH is 1. The van der Waals surface area contributed by atoms with Crippen LogP contribution in [-0.4, -0.2) is 22.3 Å². The Morgan fingerprint density at radius 2 is 1.80 bits per heavy atom. The van der Waals surface area contributed by atoms with Gasteiger partial charge in [-0.1, -0.05) is 0 Å². The lowest BCUT2D eigenvalue weighted by Crippen LogP contribution is -2.46. The molecule has 0 radical (unpaired) electrons. The van der Waals surface area contributed by atoms with Crippen molar-refractivity contribution in [1.29, 1.82) is 0 Å². The van der Waals surface area contributed by atoms with Crippen molar-refractivity contribution in [3.05, 3.63) is 0 Å². The van der Waals surface area contributed by atoms with Crippen LogP contribution in [0.25, 0.3) is 0 Å². The fourth-order valence-electron chi connectivity index (χ4n) is 1.75. The SMILES string of the molecule is CC1(C)CC(O)C(C)(C)N1. The zero-order chi connectivity index (χ0) is 7.99. The van der Waals surface area contributed by atoms with Crippen LogP contribution in [0.5, 0.6) is 0 Å². The summed E-state index contributed by atoms with van der Waals surface area (Å²) in [5.41, 5.74) is -0.00752. The van der Waals surface area contributed by atoms with Crippen LogP contribution in [0.15, 0.2) is 0 Å². The summed E-state index contributed by atoms with van der Waals surface area (Å²) in [7, 11) is 0. The lowest BCUT2D eigenvalue weighted by Gasteiger charge is -2.25. The quantitative estimate of drug-likeness (QED) is 0.528. The lowest BCUT2D eigenvalue weighted by atomic mass is 9.98. The number of hydrogen-bond donors (Lipinski definition) is 2. The maximum Gasteiger partial charge on any atom is 0.0733 e. The second-order valence-corrected chi connectivity index (χ2v) is 4.45. The van der Waals surface area contributed by atoms with Gasteiger partial charge >= 0.3 is 0 Å². The Kier molecular flexibility index (Phi) is 1.57. The molecule has 1 unspecified atom stereocenters. The van der Waals surface area contributed by atoms with Gasteiger partial charge in [-0.15, -0.1) is 0 Å². The Labute approximate surface area is 62.6 Å². The van der Waals surface area contributed by atoms with E-state index in [1.54, 1.807) is 0 Å². The predicted molar refractivity (Wildman–Crippen MR) is 41.9 cm³/mol. The molecule has 10 heavy (non-hydrogen) atoms. The smallest absolute Gasteiger partial charge is 0.0733 e. The first-order valence-electron chi connectivity index (χ1n) is 3.81. The van der Waals surface area contributed by atoms with Crippen LogP contribution < -0.4 is 5.32 Å². The summed E-state index contributed by atoms with van der Waals surface area (Å²) in [6.07, 6.45) is 0.641. The van der Waals surface area contributed by atoms with E-state index in [0.717, 1.165) is 6.42 Å². The molecule has 0 spiro atoms. The number of rotatable bonds is 0. The van der Waals surface area contributed by atoms with E-state index in [1.807, 2.05) is 13.8 Å². The maximum absolute atomic E-state index is 9.53. The number of nitrogens with one attached hydrogen (secondary N) is 1. The van der Waals surface area contributed by atoms with Gasteiger partial charge in [0.05, 0.1) is 6.10 Å². The van der Waals surface area contributed by atoms with Crippen LogP contribution in [0.4, 0.5) is 0 Å². The topological polar surface area (TPSA) is 32.3 Å². The minimum atomic E-state index is -0.206. The minimum Gasteiger partial charge on any atom is -0.391 e. The van der Waals surface area contributed by atoms with Crippen LogP contribution in [0.3, 0.4) is 0 Å². The Hall–Kier alpha value is -0.0800. The first kappa shape index (κ1) is 8.02. The van der Waals surface area contributed by atoms with Crippen LogP contribution in [0, 0.1) is 0 Å². The highest BCUT2D eigenvalue weighted by atomic mass is 16.3. The molecule has 2 heteroatoms. The van der Waals surface area contributed by atoms with Gasteiger partial charge in [0.1, 0.15) is 0 Å². The second-order valence-electron chi connectivity index (χ2n) is 4.45. The number of aliphatic hydroxyl groups is 1. The molecule has 0 aromatic carbocycles. The Morgan fingerprint density at radius 3 is 1.90 bits per heavy atom. The molecule has 0 saturated carbocycles. The van der Waals surface area contributed by atoms with Gasteiger partial charge < -0.3 is 10.4 Å². The van der Waals surface area contributed by atoms with Crippen molar-refractivity contribution in [3.63, 3.8) is 0 Å². The molecule has 0 amide bonds.